The molecule has 0 spiro atoms. The highest BCUT2D eigenvalue weighted by Crippen LogP contribution is 2.35. The number of hydrogen-bond donors (Lipinski definition) is 2. The molecule has 19 heavy (non-hydrogen) atoms. The number of hydrogen-bond acceptors (Lipinski definition) is 3. The van der Waals surface area contributed by atoms with Crippen LogP contribution in [-0.2, 0) is 0 Å². The fraction of sp³-hybridized carbons (Fsp3) is 0.600. The normalized spacial score (nSPS) is 18.4. The predicted molar refractivity (Wildman–Crippen MR) is 79.8 cm³/mol. The highest BCUT2D eigenvalue weighted by molar-refractivity contribution is 5.99. The van der Waals surface area contributed by atoms with Crippen LogP contribution in [0.1, 0.15) is 44.4 Å². The van der Waals surface area contributed by atoms with Crippen molar-refractivity contribution >= 4 is 11.7 Å². The first-order chi connectivity index (χ1) is 8.95. The Morgan fingerprint density at radius 1 is 1.42 bits per heavy atom. The Morgan fingerprint density at radius 3 is 2.58 bits per heavy atom. The van der Waals surface area contributed by atoms with E-state index in [0.717, 1.165) is 30.2 Å². The van der Waals surface area contributed by atoms with Crippen LogP contribution in [0.5, 0.6) is 0 Å². The lowest BCUT2D eigenvalue weighted by molar-refractivity contribution is 0.237. The monoisotopic (exact) mass is 260 g/mol. The number of nitrogen functional groups attached to an aromatic ring is 1. The number of amidine groups is 1. The van der Waals surface area contributed by atoms with Crippen LogP contribution < -0.4 is 10.6 Å². The topological polar surface area (TPSA) is 66.0 Å². The molecule has 0 radical (unpaired) electrons. The first-order valence-corrected chi connectivity index (χ1v) is 7.02. The molecule has 0 aliphatic carbocycles. The molecule has 0 bridgehead atoms. The summed E-state index contributed by atoms with van der Waals surface area (Å²) in [5, 5.41) is 7.69. The molecule has 3 N–H and O–H groups in total. The van der Waals surface area contributed by atoms with Gasteiger partial charge in [-0.15, -0.1) is 0 Å². The van der Waals surface area contributed by atoms with E-state index in [1.54, 1.807) is 0 Å². The molecular weight excluding hydrogens is 236 g/mol. The number of pyridine rings is 1. The van der Waals surface area contributed by atoms with E-state index in [1.807, 2.05) is 19.1 Å². The number of piperidine rings is 1. The van der Waals surface area contributed by atoms with Crippen LogP contribution in [0.2, 0.25) is 0 Å². The quantitative estimate of drug-likeness (QED) is 0.648. The summed E-state index contributed by atoms with van der Waals surface area (Å²) in [4.78, 5) is 6.88. The molecular formula is C15H24N4. The maximum atomic E-state index is 7.69. The van der Waals surface area contributed by atoms with Gasteiger partial charge in [-0.25, -0.2) is 4.98 Å². The zero-order chi connectivity index (χ0) is 14.0. The third kappa shape index (κ3) is 2.88. The Bertz CT molecular complexity index is 473. The van der Waals surface area contributed by atoms with Crippen molar-refractivity contribution in [3.05, 3.63) is 23.4 Å². The molecule has 104 valence electrons. The lowest BCUT2D eigenvalue weighted by Gasteiger charge is -2.40. The summed E-state index contributed by atoms with van der Waals surface area (Å²) in [6.07, 6.45) is 3.58. The van der Waals surface area contributed by atoms with E-state index in [1.165, 1.54) is 19.3 Å². The van der Waals surface area contributed by atoms with Crippen LogP contribution in [0.4, 0.5) is 5.82 Å². The molecule has 1 aromatic heterocycles. The molecule has 1 aromatic rings. The smallest absolute Gasteiger partial charge is 0.139 e. The van der Waals surface area contributed by atoms with Gasteiger partial charge in [-0.1, -0.05) is 20.3 Å². The molecule has 0 unspecified atom stereocenters. The maximum absolute atomic E-state index is 7.69. The molecule has 1 aliphatic rings. The molecule has 1 fully saturated rings. The van der Waals surface area contributed by atoms with E-state index in [4.69, 9.17) is 11.1 Å². The van der Waals surface area contributed by atoms with Gasteiger partial charge in [0.2, 0.25) is 0 Å². The van der Waals surface area contributed by atoms with Crippen molar-refractivity contribution in [2.45, 2.75) is 40.0 Å². The fourth-order valence-corrected chi connectivity index (χ4v) is 2.61. The van der Waals surface area contributed by atoms with Gasteiger partial charge in [-0.3, -0.25) is 5.41 Å². The maximum Gasteiger partial charge on any atom is 0.139 e. The standard InChI is InChI=1S/C15H24N4/c1-4-15(3)7-9-19(10-8-15)14-12(13(16)17)6-5-11(2)18-14/h5-6H,4,7-10H2,1-3H3,(H3,16,17). The van der Waals surface area contributed by atoms with E-state index in [0.29, 0.717) is 5.41 Å². The van der Waals surface area contributed by atoms with Crippen LogP contribution in [-0.4, -0.2) is 23.9 Å². The van der Waals surface area contributed by atoms with Crippen LogP contribution >= 0.6 is 0 Å². The third-order valence-electron chi connectivity index (χ3n) is 4.43. The molecule has 2 rings (SSSR count). The lowest BCUT2D eigenvalue weighted by Crippen LogP contribution is -2.40. The summed E-state index contributed by atoms with van der Waals surface area (Å²) in [6, 6.07) is 3.83. The number of nitrogens with one attached hydrogen (secondary N) is 1. The molecule has 2 heterocycles. The van der Waals surface area contributed by atoms with Crippen LogP contribution in [0.25, 0.3) is 0 Å². The minimum Gasteiger partial charge on any atom is -0.384 e. The zero-order valence-electron chi connectivity index (χ0n) is 12.2. The van der Waals surface area contributed by atoms with Gasteiger partial charge >= 0.3 is 0 Å². The molecule has 0 atom stereocenters. The van der Waals surface area contributed by atoms with Crippen molar-refractivity contribution in [1.29, 1.82) is 5.41 Å². The van der Waals surface area contributed by atoms with Crippen molar-refractivity contribution in [3.8, 4) is 0 Å². The molecule has 1 aliphatic heterocycles. The summed E-state index contributed by atoms with van der Waals surface area (Å²) in [5.41, 5.74) is 7.85. The van der Waals surface area contributed by atoms with Gasteiger partial charge in [0, 0.05) is 18.8 Å². The van der Waals surface area contributed by atoms with Crippen molar-refractivity contribution < 1.29 is 0 Å². The summed E-state index contributed by atoms with van der Waals surface area (Å²) in [6.45, 7) is 8.61. The van der Waals surface area contributed by atoms with Gasteiger partial charge in [-0.05, 0) is 37.3 Å². The second kappa shape index (κ2) is 5.19. The summed E-state index contributed by atoms with van der Waals surface area (Å²) < 4.78 is 0. The van der Waals surface area contributed by atoms with E-state index in [-0.39, 0.29) is 5.84 Å². The highest BCUT2D eigenvalue weighted by Gasteiger charge is 2.29. The van der Waals surface area contributed by atoms with E-state index < -0.39 is 0 Å². The molecule has 0 aromatic carbocycles. The Hall–Kier alpha value is -1.58. The molecule has 4 heteroatoms. The van der Waals surface area contributed by atoms with Crippen molar-refractivity contribution in [1.82, 2.24) is 4.98 Å². The van der Waals surface area contributed by atoms with E-state index in [2.05, 4.69) is 23.7 Å². The van der Waals surface area contributed by atoms with Gasteiger partial charge in [-0.2, -0.15) is 0 Å². The lowest BCUT2D eigenvalue weighted by atomic mass is 9.78. The van der Waals surface area contributed by atoms with E-state index >= 15 is 0 Å². The number of anilines is 1. The number of nitrogens with zero attached hydrogens (tertiary/aromatic N) is 2. The SMILES string of the molecule is CCC1(C)CCN(c2nc(C)ccc2C(=N)N)CC1. The van der Waals surface area contributed by atoms with Gasteiger partial charge < -0.3 is 10.6 Å². The Labute approximate surface area is 115 Å². The Kier molecular flexibility index (Phi) is 3.78. The third-order valence-corrected chi connectivity index (χ3v) is 4.43. The number of aromatic nitrogens is 1. The van der Waals surface area contributed by atoms with E-state index in [9.17, 15) is 0 Å². The molecule has 0 saturated carbocycles. The minimum atomic E-state index is 0.103. The summed E-state index contributed by atoms with van der Waals surface area (Å²) in [7, 11) is 0. The Morgan fingerprint density at radius 2 is 2.05 bits per heavy atom. The largest absolute Gasteiger partial charge is 0.384 e. The predicted octanol–water partition coefficient (Wildman–Crippen LogP) is 2.69. The van der Waals surface area contributed by atoms with Crippen molar-refractivity contribution in [3.63, 3.8) is 0 Å². The van der Waals surface area contributed by atoms with Gasteiger partial charge in [0.1, 0.15) is 11.7 Å². The van der Waals surface area contributed by atoms with Crippen LogP contribution in [0, 0.1) is 17.7 Å². The molecule has 4 nitrogen and oxygen atoms in total. The number of rotatable bonds is 3. The number of aryl methyl sites for hydroxylation is 1. The van der Waals surface area contributed by atoms with Gasteiger partial charge in [0.15, 0.2) is 0 Å². The second-order valence-corrected chi connectivity index (χ2v) is 5.89. The second-order valence-electron chi connectivity index (χ2n) is 5.89. The zero-order valence-corrected chi connectivity index (χ0v) is 12.2. The number of nitrogens with two attached hydrogens (primary N) is 1. The minimum absolute atomic E-state index is 0.103. The average molecular weight is 260 g/mol. The summed E-state index contributed by atoms with van der Waals surface area (Å²) >= 11 is 0. The first kappa shape index (κ1) is 13.8. The van der Waals surface area contributed by atoms with Crippen LogP contribution in [0.3, 0.4) is 0 Å². The van der Waals surface area contributed by atoms with Crippen molar-refractivity contribution in [2.24, 2.45) is 11.1 Å². The first-order valence-electron chi connectivity index (χ1n) is 7.02. The fourth-order valence-electron chi connectivity index (χ4n) is 2.61. The van der Waals surface area contributed by atoms with Crippen molar-refractivity contribution in [2.75, 3.05) is 18.0 Å². The molecule has 1 saturated heterocycles. The average Bonchev–Trinajstić information content (AvgIpc) is 2.39. The van der Waals surface area contributed by atoms with Crippen LogP contribution in [0.15, 0.2) is 12.1 Å². The van der Waals surface area contributed by atoms with Gasteiger partial charge in [0.05, 0.1) is 5.56 Å². The highest BCUT2D eigenvalue weighted by atomic mass is 15.2. The Balaban J connectivity index is 2.24. The van der Waals surface area contributed by atoms with Gasteiger partial charge in [0.25, 0.3) is 0 Å². The molecule has 0 amide bonds. The summed E-state index contributed by atoms with van der Waals surface area (Å²) in [5.74, 6) is 0.983.